The molecule has 0 spiro atoms. The molecule has 0 saturated heterocycles. The van der Waals surface area contributed by atoms with Crippen LogP contribution in [0.15, 0.2) is 88.7 Å². The summed E-state index contributed by atoms with van der Waals surface area (Å²) >= 11 is -2.20. The first-order valence-electron chi connectivity index (χ1n) is 16.0. The Morgan fingerprint density at radius 2 is 1.18 bits per heavy atom. The van der Waals surface area contributed by atoms with Crippen LogP contribution in [0.3, 0.4) is 0 Å². The molecule has 11 heteroatoms. The Hall–Kier alpha value is -4.36. The number of aryl methyl sites for hydroxylation is 5. The van der Waals surface area contributed by atoms with Crippen molar-refractivity contribution in [1.29, 1.82) is 0 Å². The van der Waals surface area contributed by atoms with Gasteiger partial charge in [0.05, 0.1) is 23.0 Å². The fourth-order valence-corrected chi connectivity index (χ4v) is 8.31. The van der Waals surface area contributed by atoms with E-state index >= 15 is 0 Å². The van der Waals surface area contributed by atoms with Gasteiger partial charge in [-0.3, -0.25) is 4.55 Å². The van der Waals surface area contributed by atoms with Gasteiger partial charge in [-0.15, -0.1) is 0 Å². The average molecular weight is 715 g/mol. The van der Waals surface area contributed by atoms with Crippen LogP contribution in [0.25, 0.3) is 0 Å². The smallest absolute Gasteiger partial charge is 0.294 e. The number of nitrogens with one attached hydrogen (secondary N) is 2. The Morgan fingerprint density at radius 3 is 1.68 bits per heavy atom. The van der Waals surface area contributed by atoms with Crippen LogP contribution in [-0.4, -0.2) is 31.9 Å². The Labute approximate surface area is 296 Å². The lowest BCUT2D eigenvalue weighted by Gasteiger charge is -2.24. The largest absolute Gasteiger partial charge is 0.392 e. The minimum absolute atomic E-state index is 0.258. The van der Waals surface area contributed by atoms with Gasteiger partial charge in [0.25, 0.3) is 10.1 Å². The third-order valence-electron chi connectivity index (χ3n) is 9.05. The lowest BCUT2D eigenvalue weighted by atomic mass is 9.83. The van der Waals surface area contributed by atoms with Gasteiger partial charge in [0.2, 0.25) is 0 Å². The van der Waals surface area contributed by atoms with E-state index in [1.165, 1.54) is 12.1 Å². The molecule has 9 nitrogen and oxygen atoms in total. The van der Waals surface area contributed by atoms with Crippen molar-refractivity contribution in [3.8, 4) is 0 Å². The molecule has 0 fully saturated rings. The molecule has 0 aliphatic rings. The summed E-state index contributed by atoms with van der Waals surface area (Å²) in [4.78, 5) is 0.0549. The van der Waals surface area contributed by atoms with Gasteiger partial charge in [0.15, 0.2) is 11.1 Å². The van der Waals surface area contributed by atoms with Crippen molar-refractivity contribution in [3.05, 3.63) is 140 Å². The van der Waals surface area contributed by atoms with Gasteiger partial charge in [0.1, 0.15) is 0 Å². The van der Waals surface area contributed by atoms with E-state index in [4.69, 9.17) is 0 Å². The van der Waals surface area contributed by atoms with Crippen LogP contribution in [0.4, 0.5) is 22.7 Å². The third kappa shape index (κ3) is 7.53. The van der Waals surface area contributed by atoms with Crippen LogP contribution in [0.2, 0.25) is 0 Å². The fourth-order valence-electron chi connectivity index (χ4n) is 6.87. The highest BCUT2D eigenvalue weighted by molar-refractivity contribution is 7.85. The number of rotatable bonds is 11. The number of aliphatic hydroxyl groups excluding tert-OH is 2. The Bertz CT molecular complexity index is 2210. The molecule has 0 saturated carbocycles. The molecule has 50 heavy (non-hydrogen) atoms. The maximum Gasteiger partial charge on any atom is 0.294 e. The lowest BCUT2D eigenvalue weighted by Crippen LogP contribution is -2.12. The standard InChI is InChI=1S/C39H42N2O7S2/c1-22-15-23(2)37(24(3)16-22)40-33-13-11-28(18-30(33)20-42)36(32-9-7-8-10-35(32)50(46,47)48)29-12-14-34(31(19-29)21-43)41-38-25(4)17-26(5)39(27(38)6)49(44)45/h7-19,36,40-43H,20-21H2,1-6H3,(H,44,45)(H,46,47,48). The zero-order valence-corrected chi connectivity index (χ0v) is 30.5. The fraction of sp³-hybridized carbons (Fsp3) is 0.231. The number of aliphatic hydroxyl groups is 2. The van der Waals surface area contributed by atoms with Gasteiger partial charge in [-0.05, 0) is 104 Å². The van der Waals surface area contributed by atoms with E-state index < -0.39 is 27.1 Å². The summed E-state index contributed by atoms with van der Waals surface area (Å²) in [6.07, 6.45) is 0. The second-order valence-electron chi connectivity index (χ2n) is 12.7. The molecule has 0 bridgehead atoms. The maximum absolute atomic E-state index is 12.6. The molecule has 0 heterocycles. The van der Waals surface area contributed by atoms with Crippen molar-refractivity contribution in [2.45, 2.75) is 70.5 Å². The Morgan fingerprint density at radius 1 is 0.680 bits per heavy atom. The molecule has 0 aliphatic carbocycles. The summed E-state index contributed by atoms with van der Waals surface area (Å²) in [6, 6.07) is 23.0. The van der Waals surface area contributed by atoms with E-state index in [1.54, 1.807) is 44.2 Å². The molecule has 0 amide bonds. The molecule has 2 atom stereocenters. The van der Waals surface area contributed by atoms with Crippen molar-refractivity contribution >= 4 is 43.9 Å². The minimum atomic E-state index is -4.63. The summed E-state index contributed by atoms with van der Waals surface area (Å²) in [5, 5.41) is 27.9. The summed E-state index contributed by atoms with van der Waals surface area (Å²) in [6.45, 7) is 10.8. The molecule has 2 unspecified atom stereocenters. The highest BCUT2D eigenvalue weighted by atomic mass is 32.2. The Kier molecular flexibility index (Phi) is 11.0. The molecule has 6 N–H and O–H groups in total. The van der Waals surface area contributed by atoms with Gasteiger partial charge in [-0.1, -0.05) is 66.2 Å². The molecule has 5 aromatic carbocycles. The first kappa shape index (κ1) is 36.9. The summed E-state index contributed by atoms with van der Waals surface area (Å²) in [7, 11) is -4.63. The monoisotopic (exact) mass is 714 g/mol. The van der Waals surface area contributed by atoms with Gasteiger partial charge in [-0.25, -0.2) is 4.21 Å². The zero-order valence-electron chi connectivity index (χ0n) is 28.8. The van der Waals surface area contributed by atoms with Crippen LogP contribution in [0.5, 0.6) is 0 Å². The van der Waals surface area contributed by atoms with E-state index in [-0.39, 0.29) is 18.1 Å². The molecule has 5 aromatic rings. The molecule has 0 aliphatic heterocycles. The van der Waals surface area contributed by atoms with Crippen molar-refractivity contribution in [3.63, 3.8) is 0 Å². The number of hydrogen-bond acceptors (Lipinski definition) is 7. The van der Waals surface area contributed by atoms with Gasteiger partial charge in [0, 0.05) is 39.8 Å². The van der Waals surface area contributed by atoms with Crippen LogP contribution in [0, 0.1) is 41.5 Å². The second-order valence-corrected chi connectivity index (χ2v) is 15.0. The minimum Gasteiger partial charge on any atom is -0.392 e. The number of benzene rings is 5. The average Bonchev–Trinajstić information content (AvgIpc) is 3.05. The summed E-state index contributed by atoms with van der Waals surface area (Å²) in [5.74, 6) is -0.735. The molecule has 0 aromatic heterocycles. The van der Waals surface area contributed by atoms with Gasteiger partial charge in [-0.2, -0.15) is 8.42 Å². The lowest BCUT2D eigenvalue weighted by molar-refractivity contribution is 0.282. The van der Waals surface area contributed by atoms with Crippen LogP contribution < -0.4 is 10.6 Å². The zero-order chi connectivity index (χ0) is 36.5. The van der Waals surface area contributed by atoms with Crippen LogP contribution in [0.1, 0.15) is 67.1 Å². The van der Waals surface area contributed by atoms with Crippen molar-refractivity contribution < 1.29 is 31.9 Å². The quantitative estimate of drug-likeness (QED) is 0.0453. The molecule has 0 radical (unpaired) electrons. The number of anilines is 4. The van der Waals surface area contributed by atoms with Crippen LogP contribution >= 0.6 is 0 Å². The second kappa shape index (κ2) is 14.9. The SMILES string of the molecule is Cc1cc(C)c(Nc2ccc(C(c3ccc(Nc4c(C)cc(C)c(S(=O)O)c4C)c(CO)c3)c3ccccc3S(=O)(=O)O)cc2CO)c(C)c1. The van der Waals surface area contributed by atoms with E-state index in [0.717, 1.165) is 27.9 Å². The highest BCUT2D eigenvalue weighted by Gasteiger charge is 2.26. The third-order valence-corrected chi connectivity index (χ3v) is 11.0. The molecular formula is C39H42N2O7S2. The maximum atomic E-state index is 12.6. The highest BCUT2D eigenvalue weighted by Crippen LogP contribution is 2.40. The molecular weight excluding hydrogens is 673 g/mol. The first-order valence-corrected chi connectivity index (χ1v) is 18.6. The first-order chi connectivity index (χ1) is 23.6. The summed E-state index contributed by atoms with van der Waals surface area (Å²) < 4.78 is 57.6. The molecule has 262 valence electrons. The van der Waals surface area contributed by atoms with Crippen molar-refractivity contribution in [1.82, 2.24) is 0 Å². The van der Waals surface area contributed by atoms with Crippen LogP contribution in [-0.2, 0) is 34.4 Å². The predicted molar refractivity (Wildman–Crippen MR) is 199 cm³/mol. The van der Waals surface area contributed by atoms with Gasteiger partial charge >= 0.3 is 0 Å². The Balaban J connectivity index is 1.66. The van der Waals surface area contributed by atoms with Crippen molar-refractivity contribution in [2.75, 3.05) is 10.6 Å². The van der Waals surface area contributed by atoms with Crippen molar-refractivity contribution in [2.24, 2.45) is 0 Å². The topological polar surface area (TPSA) is 156 Å². The van der Waals surface area contributed by atoms with E-state index in [1.807, 2.05) is 52.0 Å². The van der Waals surface area contributed by atoms with E-state index in [0.29, 0.717) is 60.9 Å². The molecule has 5 rings (SSSR count). The summed E-state index contributed by atoms with van der Waals surface area (Å²) in [5.41, 5.74) is 10.9. The normalized spacial score (nSPS) is 12.8. The van der Waals surface area contributed by atoms with E-state index in [2.05, 4.69) is 22.8 Å². The predicted octanol–water partition coefficient (Wildman–Crippen LogP) is 8.02. The van der Waals surface area contributed by atoms with E-state index in [9.17, 15) is 31.9 Å². The van der Waals surface area contributed by atoms with Gasteiger partial charge < -0.3 is 25.4 Å². The number of hydrogen-bond donors (Lipinski definition) is 6.